The molecule has 0 aromatic heterocycles. The second-order valence-electron chi connectivity index (χ2n) is 5.51. The Labute approximate surface area is 141 Å². The van der Waals surface area contributed by atoms with Crippen LogP contribution in [0.25, 0.3) is 0 Å². The fraction of sp³-hybridized carbons (Fsp3) is 0.316. The molecule has 1 heterocycles. The minimum absolute atomic E-state index is 0.241. The van der Waals surface area contributed by atoms with Crippen molar-refractivity contribution in [2.75, 3.05) is 19.7 Å². The van der Waals surface area contributed by atoms with E-state index in [-0.39, 0.29) is 11.9 Å². The molecule has 24 heavy (non-hydrogen) atoms. The van der Waals surface area contributed by atoms with Gasteiger partial charge in [-0.2, -0.15) is 0 Å². The second kappa shape index (κ2) is 7.81. The average Bonchev–Trinajstić information content (AvgIpc) is 3.13. The Morgan fingerprint density at radius 3 is 2.54 bits per heavy atom. The van der Waals surface area contributed by atoms with Gasteiger partial charge in [-0.3, -0.25) is 4.99 Å². The minimum atomic E-state index is -0.264. The van der Waals surface area contributed by atoms with Crippen LogP contribution in [0.4, 0.5) is 4.39 Å². The lowest BCUT2D eigenvalue weighted by Crippen LogP contribution is -2.37. The van der Waals surface area contributed by atoms with Gasteiger partial charge in [0.15, 0.2) is 17.6 Å². The Morgan fingerprint density at radius 2 is 1.88 bits per heavy atom. The van der Waals surface area contributed by atoms with Crippen molar-refractivity contribution < 1.29 is 13.9 Å². The lowest BCUT2D eigenvalue weighted by Gasteiger charge is -2.21. The number of rotatable bonds is 7. The predicted octanol–water partition coefficient (Wildman–Crippen LogP) is 3.22. The number of hydrogen-bond donors (Lipinski definition) is 1. The highest BCUT2D eigenvalue weighted by Gasteiger charge is 2.22. The van der Waals surface area contributed by atoms with Crippen LogP contribution in [0.15, 0.2) is 53.5 Å². The van der Waals surface area contributed by atoms with Crippen molar-refractivity contribution in [3.05, 3.63) is 59.9 Å². The van der Waals surface area contributed by atoms with Crippen LogP contribution >= 0.6 is 0 Å². The largest absolute Gasteiger partial charge is 0.490 e. The molecule has 0 spiro atoms. The normalized spacial score (nSPS) is 14.7. The summed E-state index contributed by atoms with van der Waals surface area (Å²) in [4.78, 5) is 4.49. The molecule has 0 fully saturated rings. The topological polar surface area (TPSA) is 42.9 Å². The Bertz CT molecular complexity index is 701. The SMILES string of the molecule is CCOc1ccccc1OC(Cc1ccc(F)cc1)C1=NCCN1. The molecule has 0 bridgehead atoms. The zero-order valence-corrected chi connectivity index (χ0v) is 13.7. The second-order valence-corrected chi connectivity index (χ2v) is 5.51. The number of halogens is 1. The molecule has 0 saturated heterocycles. The summed E-state index contributed by atoms with van der Waals surface area (Å²) in [7, 11) is 0. The third-order valence-corrected chi connectivity index (χ3v) is 3.76. The van der Waals surface area contributed by atoms with Crippen molar-refractivity contribution in [2.45, 2.75) is 19.4 Å². The van der Waals surface area contributed by atoms with E-state index in [4.69, 9.17) is 9.47 Å². The summed E-state index contributed by atoms with van der Waals surface area (Å²) in [5, 5.41) is 3.27. The van der Waals surface area contributed by atoms with E-state index in [0.29, 0.717) is 24.5 Å². The molecule has 0 aliphatic carbocycles. The van der Waals surface area contributed by atoms with Crippen molar-refractivity contribution in [3.8, 4) is 11.5 Å². The maximum atomic E-state index is 13.1. The van der Waals surface area contributed by atoms with Gasteiger partial charge in [-0.05, 0) is 36.8 Å². The van der Waals surface area contributed by atoms with E-state index in [2.05, 4.69) is 10.3 Å². The van der Waals surface area contributed by atoms with Crippen LogP contribution in [0.2, 0.25) is 0 Å². The van der Waals surface area contributed by atoms with Crippen LogP contribution in [0.1, 0.15) is 12.5 Å². The van der Waals surface area contributed by atoms with Crippen molar-refractivity contribution in [1.29, 1.82) is 0 Å². The number of aliphatic imine (C=N–C) groups is 1. The van der Waals surface area contributed by atoms with E-state index < -0.39 is 0 Å². The van der Waals surface area contributed by atoms with Crippen molar-refractivity contribution in [3.63, 3.8) is 0 Å². The number of para-hydroxylation sites is 2. The summed E-state index contributed by atoms with van der Waals surface area (Å²) in [5.74, 6) is 1.98. The molecule has 1 atom stereocenters. The first-order valence-electron chi connectivity index (χ1n) is 8.17. The van der Waals surface area contributed by atoms with E-state index >= 15 is 0 Å². The lowest BCUT2D eigenvalue weighted by molar-refractivity contribution is 0.241. The summed E-state index contributed by atoms with van der Waals surface area (Å²) in [6, 6.07) is 14.1. The third-order valence-electron chi connectivity index (χ3n) is 3.76. The van der Waals surface area contributed by atoms with Crippen molar-refractivity contribution in [1.82, 2.24) is 5.32 Å². The smallest absolute Gasteiger partial charge is 0.162 e. The summed E-state index contributed by atoms with van der Waals surface area (Å²) in [6.07, 6.45) is 0.339. The number of benzene rings is 2. The van der Waals surface area contributed by atoms with Gasteiger partial charge in [-0.25, -0.2) is 4.39 Å². The molecule has 3 rings (SSSR count). The summed E-state index contributed by atoms with van der Waals surface area (Å²) < 4.78 is 25.0. The minimum Gasteiger partial charge on any atom is -0.490 e. The predicted molar refractivity (Wildman–Crippen MR) is 92.4 cm³/mol. The maximum Gasteiger partial charge on any atom is 0.162 e. The van der Waals surface area contributed by atoms with Gasteiger partial charge in [0, 0.05) is 13.0 Å². The zero-order valence-electron chi connectivity index (χ0n) is 13.7. The van der Waals surface area contributed by atoms with Crippen LogP contribution in [-0.4, -0.2) is 31.6 Å². The lowest BCUT2D eigenvalue weighted by atomic mass is 10.1. The Balaban J connectivity index is 1.81. The van der Waals surface area contributed by atoms with Gasteiger partial charge in [0.1, 0.15) is 11.7 Å². The molecular weight excluding hydrogens is 307 g/mol. The molecule has 5 heteroatoms. The Hall–Kier alpha value is -2.56. The van der Waals surface area contributed by atoms with Crippen LogP contribution in [-0.2, 0) is 6.42 Å². The van der Waals surface area contributed by atoms with Gasteiger partial charge in [-0.1, -0.05) is 24.3 Å². The van der Waals surface area contributed by atoms with Gasteiger partial charge in [0.25, 0.3) is 0 Å². The van der Waals surface area contributed by atoms with E-state index in [1.54, 1.807) is 12.1 Å². The monoisotopic (exact) mass is 328 g/mol. The van der Waals surface area contributed by atoms with Crippen molar-refractivity contribution >= 4 is 5.84 Å². The standard InChI is InChI=1S/C19H21FN2O2/c1-2-23-16-5-3-4-6-17(16)24-18(19-21-11-12-22-19)13-14-7-9-15(20)10-8-14/h3-10,18H,2,11-13H2,1H3,(H,21,22). The van der Waals surface area contributed by atoms with Gasteiger partial charge in [-0.15, -0.1) is 0 Å². The summed E-state index contributed by atoms with van der Waals surface area (Å²) in [6.45, 7) is 4.06. The molecule has 1 aliphatic rings. The molecular formula is C19H21FN2O2. The van der Waals surface area contributed by atoms with Gasteiger partial charge < -0.3 is 14.8 Å². The Kier molecular flexibility index (Phi) is 5.31. The van der Waals surface area contributed by atoms with E-state index in [1.807, 2.05) is 31.2 Å². The summed E-state index contributed by atoms with van der Waals surface area (Å²) >= 11 is 0. The highest BCUT2D eigenvalue weighted by Crippen LogP contribution is 2.28. The Morgan fingerprint density at radius 1 is 1.12 bits per heavy atom. The molecule has 0 radical (unpaired) electrons. The molecule has 1 unspecified atom stereocenters. The first-order valence-corrected chi connectivity index (χ1v) is 8.17. The third kappa shape index (κ3) is 4.04. The van der Waals surface area contributed by atoms with Gasteiger partial charge in [0.05, 0.1) is 13.2 Å². The number of hydrogen-bond acceptors (Lipinski definition) is 4. The first kappa shape index (κ1) is 16.3. The van der Waals surface area contributed by atoms with Gasteiger partial charge >= 0.3 is 0 Å². The number of nitrogens with one attached hydrogen (secondary N) is 1. The highest BCUT2D eigenvalue weighted by atomic mass is 19.1. The van der Waals surface area contributed by atoms with Crippen molar-refractivity contribution in [2.24, 2.45) is 4.99 Å². The van der Waals surface area contributed by atoms with Crippen LogP contribution < -0.4 is 14.8 Å². The molecule has 1 N–H and O–H groups in total. The fourth-order valence-corrected chi connectivity index (χ4v) is 2.64. The van der Waals surface area contributed by atoms with E-state index in [9.17, 15) is 4.39 Å². The highest BCUT2D eigenvalue weighted by molar-refractivity contribution is 5.88. The zero-order chi connectivity index (χ0) is 16.8. The maximum absolute atomic E-state index is 13.1. The van der Waals surface area contributed by atoms with Gasteiger partial charge in [0.2, 0.25) is 0 Å². The molecule has 2 aromatic rings. The quantitative estimate of drug-likeness (QED) is 0.849. The van der Waals surface area contributed by atoms with Crippen LogP contribution in [0.5, 0.6) is 11.5 Å². The molecule has 2 aromatic carbocycles. The molecule has 0 saturated carbocycles. The van der Waals surface area contributed by atoms with Crippen LogP contribution in [0, 0.1) is 5.82 Å². The molecule has 4 nitrogen and oxygen atoms in total. The number of ether oxygens (including phenoxy) is 2. The fourth-order valence-electron chi connectivity index (χ4n) is 2.64. The summed E-state index contributed by atoms with van der Waals surface area (Å²) in [5.41, 5.74) is 0.992. The first-order chi connectivity index (χ1) is 11.8. The number of nitrogens with zero attached hydrogens (tertiary/aromatic N) is 1. The van der Waals surface area contributed by atoms with E-state index in [1.165, 1.54) is 12.1 Å². The molecule has 126 valence electrons. The average molecular weight is 328 g/mol. The van der Waals surface area contributed by atoms with Crippen LogP contribution in [0.3, 0.4) is 0 Å². The number of amidine groups is 1. The van der Waals surface area contributed by atoms with E-state index in [0.717, 1.165) is 24.5 Å². The molecule has 1 aliphatic heterocycles. The molecule has 0 amide bonds.